The standard InChI is InChI=1S/C16H19Cl2NO3/c1-16(2,15(21)22)3-4-19-14(20)13-8-12(13)9-5-10(17)7-11(18)6-9/h5-7,12-13H,3-4,8H2,1-2H3,(H,19,20)(H,21,22). The molecule has 1 aromatic carbocycles. The highest BCUT2D eigenvalue weighted by Gasteiger charge is 2.44. The molecule has 1 aliphatic rings. The fourth-order valence-electron chi connectivity index (χ4n) is 2.38. The third kappa shape index (κ3) is 4.14. The minimum Gasteiger partial charge on any atom is -0.481 e. The molecule has 1 amide bonds. The van der Waals surface area contributed by atoms with Crippen LogP contribution in [0, 0.1) is 11.3 Å². The number of carbonyl (C=O) groups is 2. The molecule has 0 saturated heterocycles. The van der Waals surface area contributed by atoms with Gasteiger partial charge in [0, 0.05) is 22.5 Å². The van der Waals surface area contributed by atoms with Crippen LogP contribution in [0.2, 0.25) is 10.0 Å². The van der Waals surface area contributed by atoms with E-state index >= 15 is 0 Å². The second-order valence-corrected chi connectivity index (χ2v) is 7.25. The molecule has 22 heavy (non-hydrogen) atoms. The molecule has 1 aromatic rings. The highest BCUT2D eigenvalue weighted by atomic mass is 35.5. The molecule has 2 atom stereocenters. The van der Waals surface area contributed by atoms with Crippen LogP contribution < -0.4 is 5.32 Å². The monoisotopic (exact) mass is 343 g/mol. The average Bonchev–Trinajstić information content (AvgIpc) is 3.17. The van der Waals surface area contributed by atoms with Gasteiger partial charge in [0.15, 0.2) is 0 Å². The first-order chi connectivity index (χ1) is 10.2. The van der Waals surface area contributed by atoms with E-state index in [1.807, 2.05) is 12.1 Å². The first-order valence-corrected chi connectivity index (χ1v) is 7.93. The van der Waals surface area contributed by atoms with Gasteiger partial charge in [-0.1, -0.05) is 23.2 Å². The maximum absolute atomic E-state index is 12.1. The summed E-state index contributed by atoms with van der Waals surface area (Å²) in [5.41, 5.74) is 0.139. The molecule has 0 bridgehead atoms. The number of rotatable bonds is 6. The van der Waals surface area contributed by atoms with Crippen LogP contribution in [-0.4, -0.2) is 23.5 Å². The predicted octanol–water partition coefficient (Wildman–Crippen LogP) is 3.71. The number of carboxylic acid groups (broad SMARTS) is 1. The average molecular weight is 344 g/mol. The summed E-state index contributed by atoms with van der Waals surface area (Å²) in [5.74, 6) is -0.840. The van der Waals surface area contributed by atoms with Crippen molar-refractivity contribution in [3.05, 3.63) is 33.8 Å². The van der Waals surface area contributed by atoms with Crippen molar-refractivity contribution in [3.8, 4) is 0 Å². The Kier molecular flexibility index (Phi) is 5.03. The van der Waals surface area contributed by atoms with Crippen LogP contribution in [0.15, 0.2) is 18.2 Å². The van der Waals surface area contributed by atoms with Gasteiger partial charge in [0.25, 0.3) is 0 Å². The molecule has 6 heteroatoms. The molecule has 2 unspecified atom stereocenters. The lowest BCUT2D eigenvalue weighted by Gasteiger charge is -2.18. The fourth-order valence-corrected chi connectivity index (χ4v) is 2.92. The number of nitrogens with one attached hydrogen (secondary N) is 1. The number of carboxylic acids is 1. The number of amides is 1. The van der Waals surface area contributed by atoms with Crippen molar-refractivity contribution < 1.29 is 14.7 Å². The molecule has 0 heterocycles. The maximum Gasteiger partial charge on any atom is 0.309 e. The van der Waals surface area contributed by atoms with Crippen LogP contribution in [0.25, 0.3) is 0 Å². The molecular formula is C16H19Cl2NO3. The minimum absolute atomic E-state index is 0.0395. The van der Waals surface area contributed by atoms with Crippen LogP contribution in [0.4, 0.5) is 0 Å². The third-order valence-electron chi connectivity index (χ3n) is 4.07. The van der Waals surface area contributed by atoms with Crippen molar-refractivity contribution in [1.29, 1.82) is 0 Å². The largest absolute Gasteiger partial charge is 0.481 e. The second kappa shape index (κ2) is 6.47. The van der Waals surface area contributed by atoms with Crippen molar-refractivity contribution in [3.63, 3.8) is 0 Å². The van der Waals surface area contributed by atoms with Gasteiger partial charge in [0.2, 0.25) is 5.91 Å². The van der Waals surface area contributed by atoms with Crippen molar-refractivity contribution in [2.75, 3.05) is 6.54 Å². The second-order valence-electron chi connectivity index (χ2n) is 6.38. The molecule has 0 radical (unpaired) electrons. The quantitative estimate of drug-likeness (QED) is 0.827. The van der Waals surface area contributed by atoms with Gasteiger partial charge in [0.05, 0.1) is 5.41 Å². The third-order valence-corrected chi connectivity index (χ3v) is 4.50. The molecule has 2 rings (SSSR count). The van der Waals surface area contributed by atoms with Gasteiger partial charge < -0.3 is 10.4 Å². The topological polar surface area (TPSA) is 66.4 Å². The summed E-state index contributed by atoms with van der Waals surface area (Å²) in [6, 6.07) is 5.33. The maximum atomic E-state index is 12.1. The van der Waals surface area contributed by atoms with E-state index in [1.165, 1.54) is 0 Å². The van der Waals surface area contributed by atoms with E-state index in [4.69, 9.17) is 28.3 Å². The lowest BCUT2D eigenvalue weighted by molar-refractivity contribution is -0.147. The Morgan fingerprint density at radius 2 is 1.86 bits per heavy atom. The molecule has 1 saturated carbocycles. The van der Waals surface area contributed by atoms with E-state index in [1.54, 1.807) is 19.9 Å². The van der Waals surface area contributed by atoms with Gasteiger partial charge >= 0.3 is 5.97 Å². The van der Waals surface area contributed by atoms with E-state index in [0.29, 0.717) is 23.0 Å². The Morgan fingerprint density at radius 1 is 1.27 bits per heavy atom. The Hall–Kier alpha value is -1.26. The zero-order valence-electron chi connectivity index (χ0n) is 12.5. The lowest BCUT2D eigenvalue weighted by Crippen LogP contribution is -2.32. The Balaban J connectivity index is 1.85. The molecule has 1 aliphatic carbocycles. The van der Waals surface area contributed by atoms with E-state index < -0.39 is 11.4 Å². The molecule has 0 spiro atoms. The molecule has 4 nitrogen and oxygen atoms in total. The van der Waals surface area contributed by atoms with Gasteiger partial charge in [-0.25, -0.2) is 0 Å². The molecule has 2 N–H and O–H groups in total. The predicted molar refractivity (Wildman–Crippen MR) is 86.4 cm³/mol. The van der Waals surface area contributed by atoms with Crippen LogP contribution in [-0.2, 0) is 9.59 Å². The van der Waals surface area contributed by atoms with Gasteiger partial charge in [-0.05, 0) is 56.4 Å². The molecular weight excluding hydrogens is 325 g/mol. The smallest absolute Gasteiger partial charge is 0.309 e. The minimum atomic E-state index is -0.861. The lowest BCUT2D eigenvalue weighted by atomic mass is 9.90. The summed E-state index contributed by atoms with van der Waals surface area (Å²) < 4.78 is 0. The van der Waals surface area contributed by atoms with Gasteiger partial charge in [-0.3, -0.25) is 9.59 Å². The molecule has 0 aliphatic heterocycles. The summed E-state index contributed by atoms with van der Waals surface area (Å²) in [6.07, 6.45) is 1.17. The van der Waals surface area contributed by atoms with Crippen LogP contribution in [0.3, 0.4) is 0 Å². The SMILES string of the molecule is CC(C)(CCNC(=O)C1CC1c1cc(Cl)cc(Cl)c1)C(=O)O. The van der Waals surface area contributed by atoms with Crippen LogP contribution >= 0.6 is 23.2 Å². The Bertz CT molecular complexity index is 581. The first kappa shape index (κ1) is 17.1. The van der Waals surface area contributed by atoms with Crippen LogP contribution in [0.1, 0.15) is 38.2 Å². The highest BCUT2D eigenvalue weighted by Crippen LogP contribution is 2.48. The summed E-state index contributed by atoms with van der Waals surface area (Å²) in [6.45, 7) is 3.66. The van der Waals surface area contributed by atoms with E-state index in [9.17, 15) is 9.59 Å². The van der Waals surface area contributed by atoms with Gasteiger partial charge in [0.1, 0.15) is 0 Å². The van der Waals surface area contributed by atoms with E-state index in [2.05, 4.69) is 5.32 Å². The van der Waals surface area contributed by atoms with Crippen molar-refractivity contribution in [1.82, 2.24) is 5.32 Å². The van der Waals surface area contributed by atoms with Crippen molar-refractivity contribution >= 4 is 35.1 Å². The first-order valence-electron chi connectivity index (χ1n) is 7.18. The summed E-state index contributed by atoms with van der Waals surface area (Å²) in [4.78, 5) is 23.1. The Labute approximate surface area is 139 Å². The molecule has 120 valence electrons. The van der Waals surface area contributed by atoms with E-state index in [0.717, 1.165) is 12.0 Å². The van der Waals surface area contributed by atoms with Crippen molar-refractivity contribution in [2.45, 2.75) is 32.6 Å². The number of halogens is 2. The van der Waals surface area contributed by atoms with Gasteiger partial charge in [-0.2, -0.15) is 0 Å². The highest BCUT2D eigenvalue weighted by molar-refractivity contribution is 6.34. The normalized spacial score (nSPS) is 20.5. The summed E-state index contributed by atoms with van der Waals surface area (Å²) in [5, 5.41) is 13.0. The zero-order valence-corrected chi connectivity index (χ0v) is 14.0. The number of hydrogen-bond acceptors (Lipinski definition) is 2. The number of hydrogen-bond donors (Lipinski definition) is 2. The zero-order chi connectivity index (χ0) is 16.5. The molecule has 0 aromatic heterocycles. The van der Waals surface area contributed by atoms with Crippen molar-refractivity contribution in [2.24, 2.45) is 11.3 Å². The summed E-state index contributed by atoms with van der Waals surface area (Å²) in [7, 11) is 0. The Morgan fingerprint density at radius 3 is 2.41 bits per heavy atom. The van der Waals surface area contributed by atoms with Gasteiger partial charge in [-0.15, -0.1) is 0 Å². The number of aliphatic carboxylic acids is 1. The van der Waals surface area contributed by atoms with Crippen LogP contribution in [0.5, 0.6) is 0 Å². The fraction of sp³-hybridized carbons (Fsp3) is 0.500. The van der Waals surface area contributed by atoms with E-state index in [-0.39, 0.29) is 17.7 Å². The molecule has 1 fully saturated rings. The number of carbonyl (C=O) groups excluding carboxylic acids is 1. The number of benzene rings is 1. The summed E-state index contributed by atoms with van der Waals surface area (Å²) >= 11 is 11.9.